The Kier molecular flexibility index (Phi) is 45.9. The van der Waals surface area contributed by atoms with Crippen LogP contribution in [0.1, 0.15) is 232 Å². The molecule has 2 atom stereocenters. The van der Waals surface area contributed by atoms with Crippen LogP contribution in [0.25, 0.3) is 0 Å². The number of amides is 3. The number of carbonyl (C=O) groups is 10. The van der Waals surface area contributed by atoms with Crippen molar-refractivity contribution in [1.29, 1.82) is 0 Å². The number of carboxylic acids is 3. The van der Waals surface area contributed by atoms with Crippen LogP contribution in [0.2, 0.25) is 0 Å². The van der Waals surface area contributed by atoms with Crippen LogP contribution < -0.4 is 16.0 Å². The molecule has 1 rings (SSSR count). The minimum absolute atomic E-state index is 0.000815. The Hall–Kier alpha value is -4.66. The molecule has 0 radical (unpaired) electrons. The molecule has 1 saturated carbocycles. The fraction of sp³-hybridized carbons (Fsp3) is 0.833. The second kappa shape index (κ2) is 50.1. The monoisotopic (exact) mass is 1140 g/mol. The van der Waals surface area contributed by atoms with Gasteiger partial charge in [0.2, 0.25) is 17.7 Å². The first-order valence-corrected chi connectivity index (χ1v) is 30.5. The molecule has 0 bridgehead atoms. The Morgan fingerprint density at radius 1 is 0.450 bits per heavy atom. The molecule has 0 unspecified atom stereocenters. The summed E-state index contributed by atoms with van der Waals surface area (Å²) < 4.78 is 21.6. The molecule has 20 heteroatoms. The van der Waals surface area contributed by atoms with Crippen LogP contribution in [0.15, 0.2) is 0 Å². The first-order chi connectivity index (χ1) is 38.6. The lowest BCUT2D eigenvalue weighted by molar-refractivity contribution is -0.145. The molecule has 3 amide bonds. The Labute approximate surface area is 476 Å². The van der Waals surface area contributed by atoms with Crippen LogP contribution in [-0.4, -0.2) is 146 Å². The van der Waals surface area contributed by atoms with E-state index in [9.17, 15) is 58.2 Å². The number of carbonyl (C=O) groups excluding carboxylic acids is 7. The third kappa shape index (κ3) is 44.1. The van der Waals surface area contributed by atoms with Gasteiger partial charge in [0, 0.05) is 77.0 Å². The van der Waals surface area contributed by atoms with Gasteiger partial charge in [-0.05, 0) is 76.5 Å². The van der Waals surface area contributed by atoms with Gasteiger partial charge in [-0.1, -0.05) is 110 Å². The number of nitrogens with one attached hydrogen (secondary N) is 3. The molecule has 0 spiro atoms. The van der Waals surface area contributed by atoms with E-state index in [-0.39, 0.29) is 152 Å². The van der Waals surface area contributed by atoms with E-state index < -0.39 is 41.6 Å². The zero-order chi connectivity index (χ0) is 58.9. The van der Waals surface area contributed by atoms with Crippen LogP contribution in [0.4, 0.5) is 0 Å². The number of ketones is 4. The number of aliphatic carboxylic acids is 3. The van der Waals surface area contributed by atoms with E-state index in [0.717, 1.165) is 70.6 Å². The summed E-state index contributed by atoms with van der Waals surface area (Å²) >= 11 is 0. The van der Waals surface area contributed by atoms with E-state index in [1.807, 2.05) is 0 Å². The summed E-state index contributed by atoms with van der Waals surface area (Å²) in [6, 6.07) is -1.09. The van der Waals surface area contributed by atoms with Gasteiger partial charge in [-0.25, -0.2) is 0 Å². The zero-order valence-corrected chi connectivity index (χ0v) is 48.7. The third-order valence-electron chi connectivity index (χ3n) is 14.6. The van der Waals surface area contributed by atoms with Gasteiger partial charge in [-0.3, -0.25) is 47.9 Å². The maximum atomic E-state index is 13.3. The van der Waals surface area contributed by atoms with Gasteiger partial charge < -0.3 is 50.2 Å². The summed E-state index contributed by atoms with van der Waals surface area (Å²) in [4.78, 5) is 122. The SMILES string of the molecule is CCCCCC(=O)CNC(=O)COCCOCCCC(=O)COCCOCCCC(=O)[C@H](CCC(=O)O)NC(=O)CC[C@H](CC(=O)C1CCC(CNC(=O)CCCCCCCCCCCCCCCCCCC(=O)O)CC1)C(=O)O. The summed E-state index contributed by atoms with van der Waals surface area (Å²) in [6.07, 6.45) is 25.1. The molecule has 0 aromatic rings. The highest BCUT2D eigenvalue weighted by Gasteiger charge is 2.31. The van der Waals surface area contributed by atoms with E-state index in [1.165, 1.54) is 64.2 Å². The standard InChI is InChI=1S/C60H103N3O17/c1-2-3-18-23-50(64)44-62-57(70)46-80-41-39-77-36-21-24-51(65)45-79-40-38-78-37-22-25-53(66)52(33-35-59(73)74)63-56(69)34-32-49(60(75)76)42-54(67)48-30-28-47(29-31-48)43-61-55(68)26-19-16-14-12-10-8-6-4-5-7-9-11-13-15-17-20-27-58(71)72/h47-49,52H,2-46H2,1H3,(H,61,68)(H,62,70)(H,63,69)(H,71,72)(H,73,74)(H,75,76)/t47?,48?,49-,52+/m1/s1. The summed E-state index contributed by atoms with van der Waals surface area (Å²) in [5.41, 5.74) is 0. The number of hydrogen-bond acceptors (Lipinski definition) is 14. The van der Waals surface area contributed by atoms with Crippen molar-refractivity contribution in [2.24, 2.45) is 17.8 Å². The number of carboxylic acid groups (broad SMARTS) is 3. The number of unbranched alkanes of at least 4 members (excludes halogenated alkanes) is 17. The van der Waals surface area contributed by atoms with Gasteiger partial charge in [0.15, 0.2) is 17.3 Å². The van der Waals surface area contributed by atoms with Crippen LogP contribution in [-0.2, 0) is 66.9 Å². The highest BCUT2D eigenvalue weighted by Crippen LogP contribution is 2.31. The van der Waals surface area contributed by atoms with Crippen molar-refractivity contribution in [2.45, 2.75) is 238 Å². The minimum Gasteiger partial charge on any atom is -0.481 e. The van der Waals surface area contributed by atoms with Gasteiger partial charge in [-0.15, -0.1) is 0 Å². The number of hydrogen-bond donors (Lipinski definition) is 6. The lowest BCUT2D eigenvalue weighted by atomic mass is 9.78. The lowest BCUT2D eigenvalue weighted by Gasteiger charge is -2.28. The summed E-state index contributed by atoms with van der Waals surface area (Å²) in [5, 5.41) is 36.1. The first kappa shape index (κ1) is 73.4. The quantitative estimate of drug-likeness (QED) is 0.0310. The minimum atomic E-state index is -1.20. The highest BCUT2D eigenvalue weighted by molar-refractivity contribution is 5.90. The first-order valence-electron chi connectivity index (χ1n) is 30.5. The van der Waals surface area contributed by atoms with E-state index in [1.54, 1.807) is 0 Å². The van der Waals surface area contributed by atoms with Crippen molar-refractivity contribution in [3.63, 3.8) is 0 Å². The van der Waals surface area contributed by atoms with Crippen LogP contribution >= 0.6 is 0 Å². The summed E-state index contributed by atoms with van der Waals surface area (Å²) in [6.45, 7) is 3.58. The molecule has 0 heterocycles. The molecule has 1 aliphatic rings. The van der Waals surface area contributed by atoms with Crippen molar-refractivity contribution in [3.8, 4) is 0 Å². The van der Waals surface area contributed by atoms with Gasteiger partial charge >= 0.3 is 17.9 Å². The fourth-order valence-corrected chi connectivity index (χ4v) is 9.61. The Morgan fingerprint density at radius 3 is 1.50 bits per heavy atom. The fourth-order valence-electron chi connectivity index (χ4n) is 9.61. The van der Waals surface area contributed by atoms with Crippen LogP contribution in [0, 0.1) is 17.8 Å². The van der Waals surface area contributed by atoms with Crippen LogP contribution in [0.3, 0.4) is 0 Å². The maximum absolute atomic E-state index is 13.3. The highest BCUT2D eigenvalue weighted by atomic mass is 16.5. The third-order valence-corrected chi connectivity index (χ3v) is 14.6. The van der Waals surface area contributed by atoms with Crippen molar-refractivity contribution in [1.82, 2.24) is 16.0 Å². The molecule has 460 valence electrons. The zero-order valence-electron chi connectivity index (χ0n) is 48.7. The molecular formula is C60H103N3O17. The van der Waals surface area contributed by atoms with E-state index in [0.29, 0.717) is 45.3 Å². The Bertz CT molecular complexity index is 1750. The van der Waals surface area contributed by atoms with Gasteiger partial charge in [-0.2, -0.15) is 0 Å². The summed E-state index contributed by atoms with van der Waals surface area (Å²) in [5.74, 6) is -5.79. The summed E-state index contributed by atoms with van der Waals surface area (Å²) in [7, 11) is 0. The molecule has 0 aromatic carbocycles. The van der Waals surface area contributed by atoms with Gasteiger partial charge in [0.1, 0.15) is 19.0 Å². The van der Waals surface area contributed by atoms with Gasteiger partial charge in [0.05, 0.1) is 44.9 Å². The normalized spacial score (nSPS) is 14.9. The molecule has 6 N–H and O–H groups in total. The number of rotatable bonds is 57. The van der Waals surface area contributed by atoms with Gasteiger partial charge in [0.25, 0.3) is 0 Å². The number of ether oxygens (including phenoxy) is 4. The molecule has 1 aliphatic carbocycles. The number of Topliss-reactive ketones (excluding diaryl/α,β-unsaturated/α-hetero) is 4. The maximum Gasteiger partial charge on any atom is 0.306 e. The molecule has 80 heavy (non-hydrogen) atoms. The Morgan fingerprint density at radius 2 is 0.950 bits per heavy atom. The van der Waals surface area contributed by atoms with E-state index >= 15 is 0 Å². The van der Waals surface area contributed by atoms with E-state index in [4.69, 9.17) is 24.1 Å². The van der Waals surface area contributed by atoms with Crippen molar-refractivity contribution in [3.05, 3.63) is 0 Å². The molecule has 0 saturated heterocycles. The average molecular weight is 1140 g/mol. The molecule has 0 aliphatic heterocycles. The second-order valence-corrected chi connectivity index (χ2v) is 21.7. The molecule has 0 aromatic heterocycles. The smallest absolute Gasteiger partial charge is 0.306 e. The lowest BCUT2D eigenvalue weighted by Crippen LogP contribution is -2.41. The molecule has 20 nitrogen and oxygen atoms in total. The van der Waals surface area contributed by atoms with Crippen molar-refractivity contribution >= 4 is 58.8 Å². The van der Waals surface area contributed by atoms with Crippen molar-refractivity contribution in [2.75, 3.05) is 65.9 Å². The average Bonchev–Trinajstić information content (AvgIpc) is 3.44. The Balaban J connectivity index is 2.18. The van der Waals surface area contributed by atoms with Crippen LogP contribution in [0.5, 0.6) is 0 Å². The topological polar surface area (TPSA) is 304 Å². The molecular weight excluding hydrogens is 1030 g/mol. The van der Waals surface area contributed by atoms with E-state index in [2.05, 4.69) is 22.9 Å². The predicted molar refractivity (Wildman–Crippen MR) is 302 cm³/mol. The predicted octanol–water partition coefficient (Wildman–Crippen LogP) is 8.84. The molecule has 1 fully saturated rings. The second-order valence-electron chi connectivity index (χ2n) is 21.7. The van der Waals surface area contributed by atoms with Crippen molar-refractivity contribution < 1.29 is 82.2 Å². The largest absolute Gasteiger partial charge is 0.481 e.